The highest BCUT2D eigenvalue weighted by Crippen LogP contribution is 2.30. The first-order valence-electron chi connectivity index (χ1n) is 12.9. The number of benzene rings is 3. The second kappa shape index (κ2) is 12.7. The Labute approximate surface area is 227 Å². The number of hydrogen-bond acceptors (Lipinski definition) is 4. The Hall–Kier alpha value is -4.66. The largest absolute Gasteiger partial charge is 0.480 e. The number of nitrogens with zero attached hydrogens (tertiary/aromatic N) is 1. The summed E-state index contributed by atoms with van der Waals surface area (Å²) >= 11 is 0. The third kappa shape index (κ3) is 7.01. The molecule has 4 rings (SSSR count). The fourth-order valence-corrected chi connectivity index (χ4v) is 4.63. The molecule has 3 aromatic rings. The van der Waals surface area contributed by atoms with Crippen LogP contribution in [-0.2, 0) is 33.9 Å². The van der Waals surface area contributed by atoms with E-state index in [9.17, 15) is 19.2 Å². The summed E-state index contributed by atoms with van der Waals surface area (Å²) in [6.07, 6.45) is 1.57. The number of urea groups is 1. The van der Waals surface area contributed by atoms with Crippen molar-refractivity contribution in [3.05, 3.63) is 89.5 Å². The normalized spacial score (nSPS) is 14.6. The summed E-state index contributed by atoms with van der Waals surface area (Å²) in [4.78, 5) is 49.9. The molecule has 0 unspecified atom stereocenters. The van der Waals surface area contributed by atoms with Gasteiger partial charge in [-0.1, -0.05) is 73.7 Å². The summed E-state index contributed by atoms with van der Waals surface area (Å²) in [7, 11) is 0. The van der Waals surface area contributed by atoms with E-state index >= 15 is 0 Å². The maximum Gasteiger partial charge on any atom is 0.323 e. The Morgan fingerprint density at radius 1 is 0.949 bits per heavy atom. The molecule has 1 atom stereocenters. The van der Waals surface area contributed by atoms with E-state index < -0.39 is 24.6 Å². The van der Waals surface area contributed by atoms with Gasteiger partial charge in [-0.25, -0.2) is 4.79 Å². The van der Waals surface area contributed by atoms with Crippen molar-refractivity contribution in [1.82, 2.24) is 16.0 Å². The van der Waals surface area contributed by atoms with Gasteiger partial charge in [-0.2, -0.15) is 0 Å². The molecule has 0 aliphatic carbocycles. The lowest BCUT2D eigenvalue weighted by molar-refractivity contribution is -0.135. The lowest BCUT2D eigenvalue weighted by Gasteiger charge is -2.26. The van der Waals surface area contributed by atoms with E-state index in [2.05, 4.69) is 16.0 Å². The number of amides is 4. The number of anilines is 1. The SMILES string of the molecule is CCC(=O)N[C@@H]1CCc2ccccc2N(Cc2ccc(-c3ccccc3CNC(=O)NCC(=O)O)cc2)C1=O. The smallest absolute Gasteiger partial charge is 0.323 e. The molecule has 202 valence electrons. The van der Waals surface area contributed by atoms with E-state index in [1.54, 1.807) is 11.8 Å². The molecule has 3 aromatic carbocycles. The van der Waals surface area contributed by atoms with E-state index in [-0.39, 0.29) is 18.4 Å². The Balaban J connectivity index is 1.52. The minimum absolute atomic E-state index is 0.122. The fraction of sp³-hybridized carbons (Fsp3) is 0.267. The van der Waals surface area contributed by atoms with Crippen LogP contribution in [0.3, 0.4) is 0 Å². The molecule has 1 aliphatic rings. The highest BCUT2D eigenvalue weighted by molar-refractivity contribution is 6.00. The van der Waals surface area contributed by atoms with Crippen LogP contribution >= 0.6 is 0 Å². The summed E-state index contributed by atoms with van der Waals surface area (Å²) < 4.78 is 0. The van der Waals surface area contributed by atoms with Crippen molar-refractivity contribution in [1.29, 1.82) is 0 Å². The van der Waals surface area contributed by atoms with Crippen LogP contribution in [0.25, 0.3) is 11.1 Å². The predicted octanol–water partition coefficient (Wildman–Crippen LogP) is 3.61. The quantitative estimate of drug-likeness (QED) is 0.337. The van der Waals surface area contributed by atoms with Gasteiger partial charge in [-0.3, -0.25) is 14.4 Å². The Morgan fingerprint density at radius 2 is 1.67 bits per heavy atom. The number of aryl methyl sites for hydroxylation is 1. The predicted molar refractivity (Wildman–Crippen MR) is 148 cm³/mol. The van der Waals surface area contributed by atoms with Gasteiger partial charge in [0.05, 0.1) is 6.54 Å². The average molecular weight is 529 g/mol. The molecule has 4 amide bonds. The molecule has 0 radical (unpaired) electrons. The van der Waals surface area contributed by atoms with E-state index in [1.165, 1.54) is 0 Å². The molecule has 0 fully saturated rings. The van der Waals surface area contributed by atoms with Crippen molar-refractivity contribution in [2.75, 3.05) is 11.4 Å². The van der Waals surface area contributed by atoms with Crippen molar-refractivity contribution in [3.63, 3.8) is 0 Å². The third-order valence-corrected chi connectivity index (χ3v) is 6.67. The van der Waals surface area contributed by atoms with Crippen molar-refractivity contribution in [2.24, 2.45) is 0 Å². The second-order valence-corrected chi connectivity index (χ2v) is 9.35. The first-order valence-corrected chi connectivity index (χ1v) is 12.9. The highest BCUT2D eigenvalue weighted by Gasteiger charge is 2.31. The van der Waals surface area contributed by atoms with E-state index in [4.69, 9.17) is 5.11 Å². The van der Waals surface area contributed by atoms with Crippen molar-refractivity contribution >= 4 is 29.5 Å². The van der Waals surface area contributed by atoms with Gasteiger partial charge >= 0.3 is 12.0 Å². The number of carboxylic acids is 1. The van der Waals surface area contributed by atoms with Crippen LogP contribution < -0.4 is 20.9 Å². The van der Waals surface area contributed by atoms with Crippen LogP contribution in [-0.4, -0.2) is 41.5 Å². The molecular weight excluding hydrogens is 496 g/mol. The van der Waals surface area contributed by atoms with Gasteiger partial charge in [0.1, 0.15) is 12.6 Å². The number of hydrogen-bond donors (Lipinski definition) is 4. The van der Waals surface area contributed by atoms with Crippen LogP contribution in [0.15, 0.2) is 72.8 Å². The van der Waals surface area contributed by atoms with Crippen LogP contribution in [0.5, 0.6) is 0 Å². The van der Waals surface area contributed by atoms with Crippen molar-refractivity contribution in [3.8, 4) is 11.1 Å². The first kappa shape index (κ1) is 27.4. The topological polar surface area (TPSA) is 128 Å². The monoisotopic (exact) mass is 528 g/mol. The van der Waals surface area contributed by atoms with Crippen LogP contribution in [0, 0.1) is 0 Å². The van der Waals surface area contributed by atoms with Gasteiger partial charge in [-0.05, 0) is 46.7 Å². The number of carboxylic acid groups (broad SMARTS) is 1. The molecule has 0 saturated carbocycles. The number of carbonyl (C=O) groups excluding carboxylic acids is 3. The molecule has 9 heteroatoms. The minimum atomic E-state index is -1.11. The van der Waals surface area contributed by atoms with Crippen molar-refractivity contribution in [2.45, 2.75) is 45.3 Å². The molecule has 0 bridgehead atoms. The number of fused-ring (bicyclic) bond motifs is 1. The van der Waals surface area contributed by atoms with Gasteiger partial charge in [0, 0.05) is 18.7 Å². The maximum absolute atomic E-state index is 13.5. The fourth-order valence-electron chi connectivity index (χ4n) is 4.63. The molecule has 1 heterocycles. The lowest BCUT2D eigenvalue weighted by atomic mass is 9.98. The summed E-state index contributed by atoms with van der Waals surface area (Å²) in [6.45, 7) is 1.91. The van der Waals surface area contributed by atoms with Crippen molar-refractivity contribution < 1.29 is 24.3 Å². The van der Waals surface area contributed by atoms with Crippen LogP contribution in [0.2, 0.25) is 0 Å². The lowest BCUT2D eigenvalue weighted by Crippen LogP contribution is -2.47. The molecule has 1 aliphatic heterocycles. The van der Waals surface area contributed by atoms with E-state index in [0.29, 0.717) is 25.8 Å². The van der Waals surface area contributed by atoms with Crippen LogP contribution in [0.4, 0.5) is 10.5 Å². The van der Waals surface area contributed by atoms with Gasteiger partial charge < -0.3 is 26.0 Å². The molecule has 0 saturated heterocycles. The molecule has 39 heavy (non-hydrogen) atoms. The van der Waals surface area contributed by atoms with E-state index in [0.717, 1.165) is 33.5 Å². The number of nitrogens with one attached hydrogen (secondary N) is 3. The summed E-state index contributed by atoms with van der Waals surface area (Å²) in [5.41, 5.74) is 5.62. The van der Waals surface area contributed by atoms with Crippen LogP contribution in [0.1, 0.15) is 36.5 Å². The number of para-hydroxylation sites is 1. The zero-order valence-corrected chi connectivity index (χ0v) is 21.8. The Morgan fingerprint density at radius 3 is 2.41 bits per heavy atom. The summed E-state index contributed by atoms with van der Waals surface area (Å²) in [5.74, 6) is -1.38. The van der Waals surface area contributed by atoms with Gasteiger partial charge in [0.25, 0.3) is 0 Å². The zero-order chi connectivity index (χ0) is 27.8. The summed E-state index contributed by atoms with van der Waals surface area (Å²) in [5, 5.41) is 16.6. The average Bonchev–Trinajstić information content (AvgIpc) is 3.08. The van der Waals surface area contributed by atoms with Gasteiger partial charge in [0.15, 0.2) is 0 Å². The Bertz CT molecular complexity index is 1360. The Kier molecular flexibility index (Phi) is 8.94. The highest BCUT2D eigenvalue weighted by atomic mass is 16.4. The first-order chi connectivity index (χ1) is 18.9. The van der Waals surface area contributed by atoms with Gasteiger partial charge in [-0.15, -0.1) is 0 Å². The standard InChI is InChI=1S/C30H32N4O5/c1-2-27(35)33-25-16-15-22-7-4-6-10-26(22)34(29(25)38)19-20-11-13-21(14-12-20)24-9-5-3-8-23(24)17-31-30(39)32-18-28(36)37/h3-14,25H,2,15-19H2,1H3,(H,33,35)(H,36,37)(H2,31,32,39)/t25-/m1/s1. The molecular formula is C30H32N4O5. The molecule has 9 nitrogen and oxygen atoms in total. The number of carbonyl (C=O) groups is 4. The number of aliphatic carboxylic acids is 1. The number of rotatable bonds is 9. The molecule has 4 N–H and O–H groups in total. The minimum Gasteiger partial charge on any atom is -0.480 e. The van der Waals surface area contributed by atoms with Gasteiger partial charge in [0.2, 0.25) is 11.8 Å². The third-order valence-electron chi connectivity index (χ3n) is 6.67. The zero-order valence-electron chi connectivity index (χ0n) is 21.8. The maximum atomic E-state index is 13.5. The van der Waals surface area contributed by atoms with E-state index in [1.807, 2.05) is 72.8 Å². The summed E-state index contributed by atoms with van der Waals surface area (Å²) in [6, 6.07) is 22.3. The molecule has 0 aromatic heterocycles. The second-order valence-electron chi connectivity index (χ2n) is 9.35. The molecule has 0 spiro atoms.